The number of rotatable bonds is 8. The molecule has 1 aromatic heterocycles. The summed E-state index contributed by atoms with van der Waals surface area (Å²) >= 11 is 0. The summed E-state index contributed by atoms with van der Waals surface area (Å²) in [5, 5.41) is 3.19. The van der Waals surface area contributed by atoms with E-state index >= 15 is 0 Å². The minimum Gasteiger partial charge on any atom is -0.393 e. The van der Waals surface area contributed by atoms with Gasteiger partial charge >= 0.3 is 0 Å². The highest BCUT2D eigenvalue weighted by Crippen LogP contribution is 2.25. The molecule has 0 aliphatic rings. The minimum atomic E-state index is -0.278. The maximum atomic E-state index is 12.2. The molecule has 5 N–H and O–H groups in total. The summed E-state index contributed by atoms with van der Waals surface area (Å²) < 4.78 is 0. The number of anilines is 4. The zero-order valence-corrected chi connectivity index (χ0v) is 16.7. The number of hydrazine groups is 1. The molecule has 0 saturated heterocycles. The number of carbonyl (C=O) groups excluding carboxylic acids is 1. The third kappa shape index (κ3) is 5.44. The Morgan fingerprint density at radius 1 is 1.00 bits per heavy atom. The fourth-order valence-corrected chi connectivity index (χ4v) is 2.76. The molecule has 7 nitrogen and oxygen atoms in total. The van der Waals surface area contributed by atoms with Gasteiger partial charge in [0.2, 0.25) is 0 Å². The lowest BCUT2D eigenvalue weighted by molar-refractivity contribution is 0.0962. The van der Waals surface area contributed by atoms with Crippen LogP contribution in [0.4, 0.5) is 23.0 Å². The van der Waals surface area contributed by atoms with Crippen LogP contribution < -0.4 is 21.9 Å². The first-order valence-corrected chi connectivity index (χ1v) is 9.66. The van der Waals surface area contributed by atoms with Gasteiger partial charge in [0.1, 0.15) is 12.0 Å². The number of nitrogens with two attached hydrogens (primary N) is 1. The standard InChI is InChI=1S/C22H26N6O/c1-3-4-5-16-8-12-18(13-9-16)26-20-19(23)21(25-14-24-20)27-28-22(29)17-10-6-15(2)7-11-17/h6-14H,3-5,23H2,1-2H3,(H,28,29)(H2,24,25,26,27). The van der Waals surface area contributed by atoms with Gasteiger partial charge in [-0.25, -0.2) is 9.97 Å². The number of unbranched alkanes of at least 4 members (excludes halogenated alkanes) is 1. The molecule has 1 amide bonds. The number of aromatic nitrogens is 2. The molecule has 150 valence electrons. The number of aryl methyl sites for hydroxylation is 2. The van der Waals surface area contributed by atoms with E-state index in [-0.39, 0.29) is 5.91 Å². The molecule has 0 unspecified atom stereocenters. The van der Waals surface area contributed by atoms with Gasteiger partial charge in [-0.1, -0.05) is 43.2 Å². The number of hydrogen-bond acceptors (Lipinski definition) is 6. The summed E-state index contributed by atoms with van der Waals surface area (Å²) in [6, 6.07) is 15.5. The van der Waals surface area contributed by atoms with E-state index in [2.05, 4.69) is 45.2 Å². The van der Waals surface area contributed by atoms with E-state index in [4.69, 9.17) is 5.73 Å². The molecule has 0 radical (unpaired) electrons. The number of hydrogen-bond donors (Lipinski definition) is 4. The average Bonchev–Trinajstić information content (AvgIpc) is 2.74. The molecule has 0 aliphatic carbocycles. The quantitative estimate of drug-likeness (QED) is 0.430. The second-order valence-corrected chi connectivity index (χ2v) is 6.86. The van der Waals surface area contributed by atoms with Crippen molar-refractivity contribution in [2.45, 2.75) is 33.1 Å². The van der Waals surface area contributed by atoms with Gasteiger partial charge in [-0.2, -0.15) is 0 Å². The van der Waals surface area contributed by atoms with Gasteiger partial charge in [-0.05, 0) is 49.6 Å². The SMILES string of the molecule is CCCCc1ccc(Nc2ncnc(NNC(=O)c3ccc(C)cc3)c2N)cc1. The van der Waals surface area contributed by atoms with Gasteiger partial charge in [0.25, 0.3) is 5.91 Å². The van der Waals surface area contributed by atoms with E-state index in [1.807, 2.05) is 31.2 Å². The fourth-order valence-electron chi connectivity index (χ4n) is 2.76. The first-order valence-electron chi connectivity index (χ1n) is 9.66. The number of carbonyl (C=O) groups is 1. The lowest BCUT2D eigenvalue weighted by atomic mass is 10.1. The van der Waals surface area contributed by atoms with Crippen LogP contribution in [0.1, 0.15) is 41.3 Å². The van der Waals surface area contributed by atoms with Crippen molar-refractivity contribution in [3.8, 4) is 0 Å². The maximum Gasteiger partial charge on any atom is 0.269 e. The summed E-state index contributed by atoms with van der Waals surface area (Å²) in [7, 11) is 0. The van der Waals surface area contributed by atoms with Crippen LogP contribution in [0.3, 0.4) is 0 Å². The lowest BCUT2D eigenvalue weighted by Gasteiger charge is -2.13. The van der Waals surface area contributed by atoms with Crippen LogP contribution in [0.25, 0.3) is 0 Å². The summed E-state index contributed by atoms with van der Waals surface area (Å²) in [4.78, 5) is 20.6. The molecule has 0 aliphatic heterocycles. The molecule has 0 fully saturated rings. The van der Waals surface area contributed by atoms with Crippen molar-refractivity contribution in [2.24, 2.45) is 0 Å². The van der Waals surface area contributed by atoms with Crippen LogP contribution in [0.15, 0.2) is 54.9 Å². The fraction of sp³-hybridized carbons (Fsp3) is 0.227. The highest BCUT2D eigenvalue weighted by Gasteiger charge is 2.10. The summed E-state index contributed by atoms with van der Waals surface area (Å²) in [5.74, 6) is 0.510. The van der Waals surface area contributed by atoms with Gasteiger partial charge in [-0.3, -0.25) is 15.6 Å². The number of benzene rings is 2. The number of nitrogen functional groups attached to an aromatic ring is 1. The highest BCUT2D eigenvalue weighted by molar-refractivity contribution is 5.95. The Bertz CT molecular complexity index is 954. The third-order valence-corrected chi connectivity index (χ3v) is 4.53. The van der Waals surface area contributed by atoms with E-state index in [9.17, 15) is 4.79 Å². The van der Waals surface area contributed by atoms with Crippen molar-refractivity contribution in [1.82, 2.24) is 15.4 Å². The summed E-state index contributed by atoms with van der Waals surface area (Å²) in [6.45, 7) is 4.15. The van der Waals surface area contributed by atoms with Crippen molar-refractivity contribution >= 4 is 28.9 Å². The zero-order chi connectivity index (χ0) is 20.6. The molecule has 0 saturated carbocycles. The van der Waals surface area contributed by atoms with Crippen LogP contribution in [0.2, 0.25) is 0 Å². The van der Waals surface area contributed by atoms with Crippen molar-refractivity contribution in [3.63, 3.8) is 0 Å². The minimum absolute atomic E-state index is 0.278. The molecule has 0 atom stereocenters. The molecule has 29 heavy (non-hydrogen) atoms. The van der Waals surface area contributed by atoms with Crippen molar-refractivity contribution in [1.29, 1.82) is 0 Å². The number of nitrogens with zero attached hydrogens (tertiary/aromatic N) is 2. The molecule has 7 heteroatoms. The second kappa shape index (κ2) is 9.54. The Hall–Kier alpha value is -3.61. The number of nitrogens with one attached hydrogen (secondary N) is 3. The van der Waals surface area contributed by atoms with Gasteiger partial charge < -0.3 is 11.1 Å². The lowest BCUT2D eigenvalue weighted by Crippen LogP contribution is -2.30. The van der Waals surface area contributed by atoms with Crippen LogP contribution in [0, 0.1) is 6.92 Å². The highest BCUT2D eigenvalue weighted by atomic mass is 16.2. The monoisotopic (exact) mass is 390 g/mol. The molecule has 0 spiro atoms. The van der Waals surface area contributed by atoms with Crippen molar-refractivity contribution in [3.05, 3.63) is 71.5 Å². The van der Waals surface area contributed by atoms with Crippen LogP contribution in [-0.2, 0) is 6.42 Å². The topological polar surface area (TPSA) is 105 Å². The zero-order valence-electron chi connectivity index (χ0n) is 16.7. The second-order valence-electron chi connectivity index (χ2n) is 6.86. The smallest absolute Gasteiger partial charge is 0.269 e. The first kappa shape index (κ1) is 20.1. The Balaban J connectivity index is 1.64. The Morgan fingerprint density at radius 3 is 2.38 bits per heavy atom. The molecule has 3 rings (SSSR count). The van der Waals surface area contributed by atoms with E-state index < -0.39 is 0 Å². The Morgan fingerprint density at radius 2 is 1.69 bits per heavy atom. The van der Waals surface area contributed by atoms with E-state index in [0.717, 1.165) is 17.7 Å². The van der Waals surface area contributed by atoms with Crippen molar-refractivity contribution in [2.75, 3.05) is 16.5 Å². The Kier molecular flexibility index (Phi) is 6.63. The van der Waals surface area contributed by atoms with Gasteiger partial charge in [0.05, 0.1) is 0 Å². The third-order valence-electron chi connectivity index (χ3n) is 4.53. The maximum absolute atomic E-state index is 12.2. The molecular weight excluding hydrogens is 364 g/mol. The molecule has 0 bridgehead atoms. The molecule has 1 heterocycles. The predicted molar refractivity (Wildman–Crippen MR) is 117 cm³/mol. The van der Waals surface area contributed by atoms with Crippen molar-refractivity contribution < 1.29 is 4.79 Å². The van der Waals surface area contributed by atoms with Gasteiger partial charge in [-0.15, -0.1) is 0 Å². The van der Waals surface area contributed by atoms with Crippen LogP contribution in [0.5, 0.6) is 0 Å². The average molecular weight is 390 g/mol. The number of amides is 1. The molecule has 2 aromatic carbocycles. The Labute approximate surface area is 170 Å². The van der Waals surface area contributed by atoms with Crippen LogP contribution >= 0.6 is 0 Å². The normalized spacial score (nSPS) is 10.4. The summed E-state index contributed by atoms with van der Waals surface area (Å²) in [5.41, 5.74) is 15.7. The van der Waals surface area contributed by atoms with Crippen LogP contribution in [-0.4, -0.2) is 15.9 Å². The predicted octanol–water partition coefficient (Wildman–Crippen LogP) is 4.21. The van der Waals surface area contributed by atoms with E-state index in [0.29, 0.717) is 22.9 Å². The van der Waals surface area contributed by atoms with Gasteiger partial charge in [0.15, 0.2) is 11.6 Å². The molecular formula is C22H26N6O. The van der Waals surface area contributed by atoms with E-state index in [1.165, 1.54) is 24.7 Å². The molecule has 3 aromatic rings. The summed E-state index contributed by atoms with van der Waals surface area (Å²) in [6.07, 6.45) is 4.80. The largest absolute Gasteiger partial charge is 0.393 e. The van der Waals surface area contributed by atoms with Gasteiger partial charge in [0, 0.05) is 11.3 Å². The van der Waals surface area contributed by atoms with E-state index in [1.54, 1.807) is 12.1 Å². The first-order chi connectivity index (χ1) is 14.1.